The molecule has 0 aliphatic rings. The Hall–Kier alpha value is -1.31. The van der Waals surface area contributed by atoms with Crippen molar-refractivity contribution < 1.29 is 0 Å². The standard InChI is InChI=1S/C18H22ClN/c1-3-20-13-17(16-7-9-18(19)10-8-16)12-15-6-4-5-14(2)11-15/h4-11,17,20H,3,12-13H2,1-2H3. The second-order valence-electron chi connectivity index (χ2n) is 5.25. The van der Waals surface area contributed by atoms with Gasteiger partial charge in [-0.05, 0) is 43.1 Å². The maximum absolute atomic E-state index is 5.99. The van der Waals surface area contributed by atoms with Crippen LogP contribution in [0.25, 0.3) is 0 Å². The number of hydrogen-bond donors (Lipinski definition) is 1. The highest BCUT2D eigenvalue weighted by molar-refractivity contribution is 6.30. The molecule has 106 valence electrons. The number of halogens is 1. The van der Waals surface area contributed by atoms with Gasteiger partial charge < -0.3 is 5.32 Å². The van der Waals surface area contributed by atoms with Crippen LogP contribution in [0.15, 0.2) is 48.5 Å². The lowest BCUT2D eigenvalue weighted by atomic mass is 9.91. The molecule has 2 heteroatoms. The molecule has 0 saturated heterocycles. The lowest BCUT2D eigenvalue weighted by Crippen LogP contribution is -2.22. The van der Waals surface area contributed by atoms with E-state index in [4.69, 9.17) is 11.6 Å². The van der Waals surface area contributed by atoms with E-state index in [9.17, 15) is 0 Å². The summed E-state index contributed by atoms with van der Waals surface area (Å²) in [6, 6.07) is 17.0. The molecule has 0 aliphatic carbocycles. The first kappa shape index (κ1) is 15.1. The number of nitrogens with one attached hydrogen (secondary N) is 1. The van der Waals surface area contributed by atoms with E-state index in [-0.39, 0.29) is 0 Å². The Kier molecular flexibility index (Phi) is 5.63. The minimum absolute atomic E-state index is 0.481. The molecule has 2 aromatic rings. The first-order valence-electron chi connectivity index (χ1n) is 7.20. The first-order chi connectivity index (χ1) is 9.69. The van der Waals surface area contributed by atoms with Crippen molar-refractivity contribution in [3.05, 3.63) is 70.2 Å². The van der Waals surface area contributed by atoms with Gasteiger partial charge in [-0.3, -0.25) is 0 Å². The van der Waals surface area contributed by atoms with Crippen LogP contribution in [0.5, 0.6) is 0 Å². The molecule has 0 heterocycles. The van der Waals surface area contributed by atoms with Gasteiger partial charge in [0.25, 0.3) is 0 Å². The minimum Gasteiger partial charge on any atom is -0.316 e. The first-order valence-corrected chi connectivity index (χ1v) is 7.58. The van der Waals surface area contributed by atoms with Crippen LogP contribution in [0.4, 0.5) is 0 Å². The van der Waals surface area contributed by atoms with Crippen LogP contribution in [-0.4, -0.2) is 13.1 Å². The molecule has 1 atom stereocenters. The fraction of sp³-hybridized carbons (Fsp3) is 0.333. The summed E-state index contributed by atoms with van der Waals surface area (Å²) in [4.78, 5) is 0. The number of benzene rings is 2. The molecule has 2 rings (SSSR count). The van der Waals surface area contributed by atoms with E-state index in [1.165, 1.54) is 16.7 Å². The Balaban J connectivity index is 2.16. The van der Waals surface area contributed by atoms with Crippen molar-refractivity contribution in [3.8, 4) is 0 Å². The average molecular weight is 288 g/mol. The molecule has 0 aliphatic heterocycles. The summed E-state index contributed by atoms with van der Waals surface area (Å²) in [6.45, 7) is 6.28. The molecule has 0 bridgehead atoms. The topological polar surface area (TPSA) is 12.0 Å². The monoisotopic (exact) mass is 287 g/mol. The van der Waals surface area contributed by atoms with Crippen molar-refractivity contribution in [2.24, 2.45) is 0 Å². The molecule has 1 N–H and O–H groups in total. The molecule has 0 saturated carbocycles. The van der Waals surface area contributed by atoms with E-state index in [1.807, 2.05) is 12.1 Å². The summed E-state index contributed by atoms with van der Waals surface area (Å²) < 4.78 is 0. The van der Waals surface area contributed by atoms with Gasteiger partial charge in [0.15, 0.2) is 0 Å². The molecule has 0 aromatic heterocycles. The lowest BCUT2D eigenvalue weighted by molar-refractivity contribution is 0.595. The van der Waals surface area contributed by atoms with E-state index in [0.29, 0.717) is 5.92 Å². The fourth-order valence-corrected chi connectivity index (χ4v) is 2.61. The highest BCUT2D eigenvalue weighted by Crippen LogP contribution is 2.22. The maximum Gasteiger partial charge on any atom is 0.0406 e. The third kappa shape index (κ3) is 4.36. The average Bonchev–Trinajstić information content (AvgIpc) is 2.44. The molecule has 0 fully saturated rings. The Morgan fingerprint density at radius 3 is 2.50 bits per heavy atom. The highest BCUT2D eigenvalue weighted by atomic mass is 35.5. The van der Waals surface area contributed by atoms with E-state index in [0.717, 1.165) is 24.5 Å². The summed E-state index contributed by atoms with van der Waals surface area (Å²) in [5.41, 5.74) is 4.06. The summed E-state index contributed by atoms with van der Waals surface area (Å²) in [5.74, 6) is 0.481. The van der Waals surface area contributed by atoms with Crippen LogP contribution in [0, 0.1) is 6.92 Å². The molecule has 0 spiro atoms. The normalized spacial score (nSPS) is 12.3. The number of aryl methyl sites for hydroxylation is 1. The van der Waals surface area contributed by atoms with Crippen LogP contribution < -0.4 is 5.32 Å². The third-order valence-corrected chi connectivity index (χ3v) is 3.80. The van der Waals surface area contributed by atoms with Crippen molar-refractivity contribution in [2.75, 3.05) is 13.1 Å². The Labute approximate surface area is 127 Å². The van der Waals surface area contributed by atoms with Crippen molar-refractivity contribution in [3.63, 3.8) is 0 Å². The summed E-state index contributed by atoms with van der Waals surface area (Å²) in [7, 11) is 0. The van der Waals surface area contributed by atoms with E-state index in [1.54, 1.807) is 0 Å². The predicted molar refractivity (Wildman–Crippen MR) is 87.6 cm³/mol. The SMILES string of the molecule is CCNCC(Cc1cccc(C)c1)c1ccc(Cl)cc1. The number of likely N-dealkylation sites (N-methyl/N-ethyl adjacent to an activating group) is 1. The van der Waals surface area contributed by atoms with Gasteiger partial charge in [0.2, 0.25) is 0 Å². The van der Waals surface area contributed by atoms with Crippen LogP contribution in [0.3, 0.4) is 0 Å². The van der Waals surface area contributed by atoms with E-state index >= 15 is 0 Å². The van der Waals surface area contributed by atoms with E-state index < -0.39 is 0 Å². The quantitative estimate of drug-likeness (QED) is 0.820. The maximum atomic E-state index is 5.99. The summed E-state index contributed by atoms with van der Waals surface area (Å²) >= 11 is 5.99. The minimum atomic E-state index is 0.481. The molecular weight excluding hydrogens is 266 g/mol. The van der Waals surface area contributed by atoms with Gasteiger partial charge >= 0.3 is 0 Å². The molecule has 20 heavy (non-hydrogen) atoms. The van der Waals surface area contributed by atoms with Gasteiger partial charge in [0.05, 0.1) is 0 Å². The molecule has 1 nitrogen and oxygen atoms in total. The van der Waals surface area contributed by atoms with Crippen LogP contribution >= 0.6 is 11.6 Å². The smallest absolute Gasteiger partial charge is 0.0406 e. The summed E-state index contributed by atoms with van der Waals surface area (Å²) in [6.07, 6.45) is 1.05. The van der Waals surface area contributed by atoms with Gasteiger partial charge in [0.1, 0.15) is 0 Å². The van der Waals surface area contributed by atoms with Crippen molar-refractivity contribution >= 4 is 11.6 Å². The van der Waals surface area contributed by atoms with Gasteiger partial charge in [-0.2, -0.15) is 0 Å². The molecule has 0 amide bonds. The van der Waals surface area contributed by atoms with Crippen LogP contribution in [0.2, 0.25) is 5.02 Å². The Morgan fingerprint density at radius 1 is 1.10 bits per heavy atom. The highest BCUT2D eigenvalue weighted by Gasteiger charge is 2.12. The zero-order chi connectivity index (χ0) is 14.4. The third-order valence-electron chi connectivity index (χ3n) is 3.55. The molecule has 1 unspecified atom stereocenters. The summed E-state index contributed by atoms with van der Waals surface area (Å²) in [5, 5.41) is 4.26. The zero-order valence-corrected chi connectivity index (χ0v) is 13.0. The van der Waals surface area contributed by atoms with Crippen molar-refractivity contribution in [1.82, 2.24) is 5.32 Å². The molecule has 0 radical (unpaired) electrons. The zero-order valence-electron chi connectivity index (χ0n) is 12.2. The van der Waals surface area contributed by atoms with E-state index in [2.05, 4.69) is 55.6 Å². The predicted octanol–water partition coefficient (Wildman–Crippen LogP) is 4.58. The van der Waals surface area contributed by atoms with Gasteiger partial charge in [0, 0.05) is 17.5 Å². The van der Waals surface area contributed by atoms with Gasteiger partial charge in [-0.25, -0.2) is 0 Å². The second-order valence-corrected chi connectivity index (χ2v) is 5.69. The van der Waals surface area contributed by atoms with Gasteiger partial charge in [-0.1, -0.05) is 60.5 Å². The fourth-order valence-electron chi connectivity index (χ4n) is 2.49. The lowest BCUT2D eigenvalue weighted by Gasteiger charge is -2.18. The Bertz CT molecular complexity index is 533. The van der Waals surface area contributed by atoms with Crippen LogP contribution in [-0.2, 0) is 6.42 Å². The second kappa shape index (κ2) is 7.47. The molecule has 2 aromatic carbocycles. The largest absolute Gasteiger partial charge is 0.316 e. The van der Waals surface area contributed by atoms with Crippen molar-refractivity contribution in [2.45, 2.75) is 26.2 Å². The van der Waals surface area contributed by atoms with Crippen LogP contribution in [0.1, 0.15) is 29.5 Å². The molecular formula is C18H22ClN. The number of rotatable bonds is 6. The van der Waals surface area contributed by atoms with Crippen molar-refractivity contribution in [1.29, 1.82) is 0 Å². The number of hydrogen-bond acceptors (Lipinski definition) is 1. The van der Waals surface area contributed by atoms with Gasteiger partial charge in [-0.15, -0.1) is 0 Å². The Morgan fingerprint density at radius 2 is 1.85 bits per heavy atom.